The Bertz CT molecular complexity index is 845. The third kappa shape index (κ3) is 2.81. The second-order valence-electron chi connectivity index (χ2n) is 5.30. The lowest BCUT2D eigenvalue weighted by Gasteiger charge is -2.18. The molecule has 2 aromatic carbocycles. The summed E-state index contributed by atoms with van der Waals surface area (Å²) in [6.07, 6.45) is 0. The second-order valence-corrected chi connectivity index (χ2v) is 6.16. The SMILES string of the molecule is NCc1cccc(-c2nc(-c3ccc4c(c3)OCCO4)cs2)c1. The van der Waals surface area contributed by atoms with Gasteiger partial charge < -0.3 is 15.2 Å². The van der Waals surface area contributed by atoms with Crippen molar-refractivity contribution in [3.05, 3.63) is 53.4 Å². The van der Waals surface area contributed by atoms with E-state index in [1.807, 2.05) is 30.3 Å². The molecule has 1 aromatic heterocycles. The predicted octanol–water partition coefficient (Wildman–Crippen LogP) is 3.71. The van der Waals surface area contributed by atoms with Gasteiger partial charge in [-0.25, -0.2) is 4.98 Å². The summed E-state index contributed by atoms with van der Waals surface area (Å²) in [5, 5.41) is 3.06. The standard InChI is InChI=1S/C18H16N2O2S/c19-10-12-2-1-3-14(8-12)18-20-15(11-23-18)13-4-5-16-17(9-13)22-7-6-21-16/h1-5,8-9,11H,6-7,10,19H2. The number of aromatic nitrogens is 1. The Morgan fingerprint density at radius 1 is 1.00 bits per heavy atom. The quantitative estimate of drug-likeness (QED) is 0.798. The molecule has 0 radical (unpaired) electrons. The molecule has 0 bridgehead atoms. The molecule has 2 N–H and O–H groups in total. The predicted molar refractivity (Wildman–Crippen MR) is 91.9 cm³/mol. The fourth-order valence-electron chi connectivity index (χ4n) is 2.57. The van der Waals surface area contributed by atoms with Crippen molar-refractivity contribution in [1.29, 1.82) is 0 Å². The number of thiazole rings is 1. The summed E-state index contributed by atoms with van der Waals surface area (Å²) in [5.41, 5.74) is 9.90. The summed E-state index contributed by atoms with van der Waals surface area (Å²) in [4.78, 5) is 4.76. The molecule has 3 aromatic rings. The van der Waals surface area contributed by atoms with Gasteiger partial charge in [-0.2, -0.15) is 0 Å². The van der Waals surface area contributed by atoms with Gasteiger partial charge in [0.2, 0.25) is 0 Å². The smallest absolute Gasteiger partial charge is 0.162 e. The van der Waals surface area contributed by atoms with Gasteiger partial charge in [0, 0.05) is 23.1 Å². The van der Waals surface area contributed by atoms with Crippen LogP contribution in [0.2, 0.25) is 0 Å². The number of rotatable bonds is 3. The largest absolute Gasteiger partial charge is 0.486 e. The van der Waals surface area contributed by atoms with Crippen molar-refractivity contribution in [2.24, 2.45) is 5.73 Å². The van der Waals surface area contributed by atoms with Crippen LogP contribution in [0.5, 0.6) is 11.5 Å². The molecule has 116 valence electrons. The first-order valence-corrected chi connectivity index (χ1v) is 8.36. The van der Waals surface area contributed by atoms with Crippen LogP contribution < -0.4 is 15.2 Å². The minimum atomic E-state index is 0.536. The number of benzene rings is 2. The van der Waals surface area contributed by atoms with Crippen molar-refractivity contribution < 1.29 is 9.47 Å². The lowest BCUT2D eigenvalue weighted by Crippen LogP contribution is -2.15. The highest BCUT2D eigenvalue weighted by atomic mass is 32.1. The molecule has 0 atom stereocenters. The van der Waals surface area contributed by atoms with Crippen molar-refractivity contribution in [2.75, 3.05) is 13.2 Å². The van der Waals surface area contributed by atoms with Gasteiger partial charge >= 0.3 is 0 Å². The number of hydrogen-bond acceptors (Lipinski definition) is 5. The molecule has 1 aliphatic heterocycles. The average molecular weight is 324 g/mol. The fourth-order valence-corrected chi connectivity index (χ4v) is 3.40. The molecule has 4 rings (SSSR count). The van der Waals surface area contributed by atoms with Crippen molar-refractivity contribution in [1.82, 2.24) is 4.98 Å². The Balaban J connectivity index is 1.67. The van der Waals surface area contributed by atoms with Gasteiger partial charge in [-0.15, -0.1) is 11.3 Å². The van der Waals surface area contributed by atoms with E-state index in [1.165, 1.54) is 0 Å². The third-order valence-electron chi connectivity index (χ3n) is 3.75. The molecule has 0 spiro atoms. The van der Waals surface area contributed by atoms with Crippen LogP contribution in [0.25, 0.3) is 21.8 Å². The maximum absolute atomic E-state index is 5.72. The molecule has 4 nitrogen and oxygen atoms in total. The Labute approximate surface area is 138 Å². The van der Waals surface area contributed by atoms with E-state index >= 15 is 0 Å². The van der Waals surface area contributed by atoms with Crippen LogP contribution in [0.3, 0.4) is 0 Å². The van der Waals surface area contributed by atoms with E-state index < -0.39 is 0 Å². The van der Waals surface area contributed by atoms with Gasteiger partial charge in [0.1, 0.15) is 18.2 Å². The van der Waals surface area contributed by atoms with Crippen LogP contribution in [0, 0.1) is 0 Å². The van der Waals surface area contributed by atoms with Crippen LogP contribution in [-0.2, 0) is 6.54 Å². The zero-order chi connectivity index (χ0) is 15.6. The zero-order valence-electron chi connectivity index (χ0n) is 12.5. The Morgan fingerprint density at radius 2 is 1.87 bits per heavy atom. The number of nitrogens with two attached hydrogens (primary N) is 1. The first-order valence-electron chi connectivity index (χ1n) is 7.48. The number of hydrogen-bond donors (Lipinski definition) is 1. The summed E-state index contributed by atoms with van der Waals surface area (Å²) in [5.74, 6) is 1.58. The highest BCUT2D eigenvalue weighted by Crippen LogP contribution is 2.36. The van der Waals surface area contributed by atoms with E-state index in [-0.39, 0.29) is 0 Å². The molecule has 0 aliphatic carbocycles. The minimum Gasteiger partial charge on any atom is -0.486 e. The van der Waals surface area contributed by atoms with E-state index in [1.54, 1.807) is 11.3 Å². The fraction of sp³-hybridized carbons (Fsp3) is 0.167. The van der Waals surface area contributed by atoms with Gasteiger partial charge in [0.15, 0.2) is 11.5 Å². The molecule has 0 saturated heterocycles. The summed E-state index contributed by atoms with van der Waals surface area (Å²) >= 11 is 1.63. The Morgan fingerprint density at radius 3 is 2.74 bits per heavy atom. The van der Waals surface area contributed by atoms with Gasteiger partial charge in [-0.05, 0) is 29.8 Å². The van der Waals surface area contributed by atoms with Crippen molar-refractivity contribution in [3.63, 3.8) is 0 Å². The lowest BCUT2D eigenvalue weighted by molar-refractivity contribution is 0.171. The molecular weight excluding hydrogens is 308 g/mol. The van der Waals surface area contributed by atoms with E-state index in [9.17, 15) is 0 Å². The first kappa shape index (κ1) is 14.2. The van der Waals surface area contributed by atoms with Crippen LogP contribution >= 0.6 is 11.3 Å². The van der Waals surface area contributed by atoms with E-state index in [0.717, 1.165) is 38.9 Å². The maximum atomic E-state index is 5.72. The van der Waals surface area contributed by atoms with E-state index in [0.29, 0.717) is 19.8 Å². The first-order chi connectivity index (χ1) is 11.3. The van der Waals surface area contributed by atoms with Gasteiger partial charge in [-0.1, -0.05) is 18.2 Å². The van der Waals surface area contributed by atoms with Gasteiger partial charge in [-0.3, -0.25) is 0 Å². The molecule has 0 amide bonds. The topological polar surface area (TPSA) is 57.4 Å². The van der Waals surface area contributed by atoms with Crippen LogP contribution in [0.1, 0.15) is 5.56 Å². The van der Waals surface area contributed by atoms with Gasteiger partial charge in [0.25, 0.3) is 0 Å². The monoisotopic (exact) mass is 324 g/mol. The maximum Gasteiger partial charge on any atom is 0.162 e. The molecule has 2 heterocycles. The van der Waals surface area contributed by atoms with Crippen molar-refractivity contribution in [2.45, 2.75) is 6.54 Å². The molecule has 5 heteroatoms. The second kappa shape index (κ2) is 6.02. The highest BCUT2D eigenvalue weighted by Gasteiger charge is 2.14. The Hall–Kier alpha value is -2.37. The molecular formula is C18H16N2O2S. The van der Waals surface area contributed by atoms with Crippen LogP contribution in [0.15, 0.2) is 47.8 Å². The number of nitrogens with zero attached hydrogens (tertiary/aromatic N) is 1. The number of fused-ring (bicyclic) bond motifs is 1. The van der Waals surface area contributed by atoms with E-state index in [4.69, 9.17) is 20.2 Å². The summed E-state index contributed by atoms with van der Waals surface area (Å²) < 4.78 is 11.2. The average Bonchev–Trinajstić information content (AvgIpc) is 3.11. The van der Waals surface area contributed by atoms with Gasteiger partial charge in [0.05, 0.1) is 5.69 Å². The normalized spacial score (nSPS) is 13.1. The highest BCUT2D eigenvalue weighted by molar-refractivity contribution is 7.13. The van der Waals surface area contributed by atoms with Crippen LogP contribution in [-0.4, -0.2) is 18.2 Å². The molecule has 1 aliphatic rings. The summed E-state index contributed by atoms with van der Waals surface area (Å²) in [7, 11) is 0. The minimum absolute atomic E-state index is 0.536. The van der Waals surface area contributed by atoms with Crippen molar-refractivity contribution in [3.8, 4) is 33.3 Å². The lowest BCUT2D eigenvalue weighted by atomic mass is 10.1. The number of ether oxygens (including phenoxy) is 2. The summed E-state index contributed by atoms with van der Waals surface area (Å²) in [6, 6.07) is 14.1. The molecule has 0 unspecified atom stereocenters. The third-order valence-corrected chi connectivity index (χ3v) is 4.64. The molecule has 0 fully saturated rings. The molecule has 23 heavy (non-hydrogen) atoms. The van der Waals surface area contributed by atoms with Crippen molar-refractivity contribution >= 4 is 11.3 Å². The zero-order valence-corrected chi connectivity index (χ0v) is 13.3. The Kier molecular flexibility index (Phi) is 3.73. The van der Waals surface area contributed by atoms with E-state index in [2.05, 4.69) is 17.5 Å². The van der Waals surface area contributed by atoms with Crippen LogP contribution in [0.4, 0.5) is 0 Å². The molecule has 0 saturated carbocycles. The summed E-state index contributed by atoms with van der Waals surface area (Å²) in [6.45, 7) is 1.73.